The number of hydrogen-bond donors (Lipinski definition) is 1. The molecule has 0 spiro atoms. The monoisotopic (exact) mass is 358 g/mol. The van der Waals surface area contributed by atoms with E-state index in [1.807, 2.05) is 17.0 Å². The number of carbonyl (C=O) groups excluding carboxylic acids is 2. The smallest absolute Gasteiger partial charge is 0.224 e. The molecule has 1 aromatic rings. The fourth-order valence-electron chi connectivity index (χ4n) is 4.22. The number of pyridine rings is 1. The molecule has 3 rings (SSSR count). The Bertz CT molecular complexity index is 692. The largest absolute Gasteiger partial charge is 0.353 e. The molecule has 0 unspecified atom stereocenters. The molecule has 26 heavy (non-hydrogen) atoms. The van der Waals surface area contributed by atoms with Gasteiger partial charge in [-0.1, -0.05) is 33.8 Å². The molecule has 1 aliphatic heterocycles. The van der Waals surface area contributed by atoms with Crippen molar-refractivity contribution in [2.24, 2.45) is 16.7 Å². The van der Waals surface area contributed by atoms with Crippen molar-refractivity contribution >= 4 is 17.6 Å². The lowest BCUT2D eigenvalue weighted by atomic mass is 10.0. The average molecular weight is 358 g/mol. The molecule has 1 aliphatic carbocycles. The van der Waals surface area contributed by atoms with Crippen LogP contribution >= 0.6 is 0 Å². The van der Waals surface area contributed by atoms with Crippen molar-refractivity contribution in [1.29, 1.82) is 0 Å². The number of amides is 2. The number of hydrogen-bond acceptors (Lipinski definition) is 4. The molecule has 0 atom stereocenters. The van der Waals surface area contributed by atoms with E-state index in [4.69, 9.17) is 0 Å². The third kappa shape index (κ3) is 3.17. The molecular weight excluding hydrogens is 328 g/mol. The second-order valence-corrected chi connectivity index (χ2v) is 8.57. The maximum Gasteiger partial charge on any atom is 0.224 e. The Morgan fingerprint density at radius 2 is 1.77 bits per heavy atom. The number of piperazine rings is 1. The zero-order valence-corrected chi connectivity index (χ0v) is 16.5. The molecule has 0 bridgehead atoms. The fourth-order valence-corrected chi connectivity index (χ4v) is 4.22. The van der Waals surface area contributed by atoms with Crippen LogP contribution in [0, 0.1) is 16.7 Å². The topological polar surface area (TPSA) is 65.5 Å². The lowest BCUT2D eigenvalue weighted by Gasteiger charge is -2.35. The summed E-state index contributed by atoms with van der Waals surface area (Å²) in [6, 6.07) is 3.92. The summed E-state index contributed by atoms with van der Waals surface area (Å²) in [7, 11) is 0. The first-order chi connectivity index (χ1) is 12.2. The van der Waals surface area contributed by atoms with E-state index in [1.165, 1.54) is 0 Å². The molecule has 1 saturated heterocycles. The molecule has 0 radical (unpaired) electrons. The first kappa shape index (κ1) is 18.7. The second kappa shape index (κ2) is 6.56. The third-order valence-electron chi connectivity index (χ3n) is 6.63. The van der Waals surface area contributed by atoms with E-state index in [0.717, 1.165) is 24.5 Å². The van der Waals surface area contributed by atoms with Gasteiger partial charge in [-0.25, -0.2) is 4.98 Å². The maximum atomic E-state index is 12.6. The van der Waals surface area contributed by atoms with Gasteiger partial charge in [-0.2, -0.15) is 0 Å². The highest BCUT2D eigenvalue weighted by atomic mass is 16.2. The second-order valence-electron chi connectivity index (χ2n) is 8.57. The van der Waals surface area contributed by atoms with Crippen LogP contribution in [0.2, 0.25) is 0 Å². The highest BCUT2D eigenvalue weighted by molar-refractivity contribution is 5.84. The van der Waals surface area contributed by atoms with Crippen LogP contribution in [0.25, 0.3) is 0 Å². The molecule has 1 aromatic heterocycles. The average Bonchev–Trinajstić information content (AvgIpc) is 3.02. The van der Waals surface area contributed by atoms with Crippen molar-refractivity contribution in [2.45, 2.75) is 41.2 Å². The van der Waals surface area contributed by atoms with Gasteiger partial charge in [0.05, 0.1) is 0 Å². The number of nitrogens with one attached hydrogen (secondary N) is 1. The zero-order valence-electron chi connectivity index (χ0n) is 16.5. The van der Waals surface area contributed by atoms with Gasteiger partial charge in [0.2, 0.25) is 11.8 Å². The molecule has 2 fully saturated rings. The number of nitrogens with zero attached hydrogens (tertiary/aromatic N) is 3. The summed E-state index contributed by atoms with van der Waals surface area (Å²) < 4.78 is 0. The van der Waals surface area contributed by atoms with Crippen molar-refractivity contribution in [3.8, 4) is 0 Å². The minimum absolute atomic E-state index is 0.0396. The lowest BCUT2D eigenvalue weighted by molar-refractivity contribution is -0.129. The van der Waals surface area contributed by atoms with E-state index in [1.54, 1.807) is 13.1 Å². The van der Waals surface area contributed by atoms with Gasteiger partial charge in [0.25, 0.3) is 0 Å². The molecular formula is C20H30N4O2. The Morgan fingerprint density at radius 3 is 2.31 bits per heavy atom. The van der Waals surface area contributed by atoms with Gasteiger partial charge in [-0.3, -0.25) is 9.59 Å². The van der Waals surface area contributed by atoms with Gasteiger partial charge in [0.15, 0.2) is 0 Å². The van der Waals surface area contributed by atoms with Crippen LogP contribution in [0.4, 0.5) is 5.82 Å². The van der Waals surface area contributed by atoms with E-state index in [-0.39, 0.29) is 28.6 Å². The normalized spacial score (nSPS) is 21.4. The standard InChI is InChI=1S/C20H30N4O2/c1-14(25)23-9-11-24(12-10-23)17-15(7-6-8-21-17)13-22-18(26)16-19(2,3)20(16,4)5/h6-8,16H,9-13H2,1-5H3,(H,22,26). The van der Waals surface area contributed by atoms with Crippen molar-refractivity contribution in [3.63, 3.8) is 0 Å². The predicted octanol–water partition coefficient (Wildman–Crippen LogP) is 2.05. The van der Waals surface area contributed by atoms with E-state index >= 15 is 0 Å². The first-order valence-electron chi connectivity index (χ1n) is 9.38. The van der Waals surface area contributed by atoms with Crippen LogP contribution in [0.1, 0.15) is 40.2 Å². The summed E-state index contributed by atoms with van der Waals surface area (Å²) in [6.07, 6.45) is 1.78. The molecule has 2 aliphatic rings. The Balaban J connectivity index is 1.64. The molecule has 142 valence electrons. The molecule has 1 N–H and O–H groups in total. The lowest BCUT2D eigenvalue weighted by Crippen LogP contribution is -2.48. The Hall–Kier alpha value is -2.11. The van der Waals surface area contributed by atoms with Gasteiger partial charge in [0, 0.05) is 57.3 Å². The van der Waals surface area contributed by atoms with E-state index in [9.17, 15) is 9.59 Å². The molecule has 2 amide bonds. The highest BCUT2D eigenvalue weighted by Gasteiger charge is 2.68. The van der Waals surface area contributed by atoms with Crippen LogP contribution in [0.15, 0.2) is 18.3 Å². The van der Waals surface area contributed by atoms with Crippen LogP contribution in [0.5, 0.6) is 0 Å². The van der Waals surface area contributed by atoms with Gasteiger partial charge >= 0.3 is 0 Å². The molecule has 0 aromatic carbocycles. The zero-order chi connectivity index (χ0) is 19.1. The summed E-state index contributed by atoms with van der Waals surface area (Å²) in [4.78, 5) is 32.7. The Morgan fingerprint density at radius 1 is 1.15 bits per heavy atom. The molecule has 1 saturated carbocycles. The van der Waals surface area contributed by atoms with Crippen LogP contribution < -0.4 is 10.2 Å². The SMILES string of the molecule is CC(=O)N1CCN(c2ncccc2CNC(=O)C2C(C)(C)C2(C)C)CC1. The summed E-state index contributed by atoms with van der Waals surface area (Å²) in [6.45, 7) is 13.7. The van der Waals surface area contributed by atoms with Crippen LogP contribution in [-0.2, 0) is 16.1 Å². The van der Waals surface area contributed by atoms with Crippen molar-refractivity contribution in [3.05, 3.63) is 23.9 Å². The van der Waals surface area contributed by atoms with Crippen molar-refractivity contribution < 1.29 is 9.59 Å². The maximum absolute atomic E-state index is 12.6. The van der Waals surface area contributed by atoms with Gasteiger partial charge in [-0.15, -0.1) is 0 Å². The van der Waals surface area contributed by atoms with Gasteiger partial charge in [0.1, 0.15) is 5.82 Å². The quantitative estimate of drug-likeness (QED) is 0.895. The predicted molar refractivity (Wildman–Crippen MR) is 102 cm³/mol. The van der Waals surface area contributed by atoms with Gasteiger partial charge in [-0.05, 0) is 16.9 Å². The Labute approximate surface area is 156 Å². The summed E-state index contributed by atoms with van der Waals surface area (Å²) in [5.74, 6) is 1.20. The minimum atomic E-state index is 0.0396. The highest BCUT2D eigenvalue weighted by Crippen LogP contribution is 2.68. The van der Waals surface area contributed by atoms with Crippen LogP contribution in [0.3, 0.4) is 0 Å². The van der Waals surface area contributed by atoms with Gasteiger partial charge < -0.3 is 15.1 Å². The van der Waals surface area contributed by atoms with E-state index in [2.05, 4.69) is 42.9 Å². The summed E-state index contributed by atoms with van der Waals surface area (Å²) in [5, 5.41) is 3.11. The molecule has 6 heteroatoms. The number of anilines is 1. The number of aromatic nitrogens is 1. The van der Waals surface area contributed by atoms with Crippen molar-refractivity contribution in [2.75, 3.05) is 31.1 Å². The third-order valence-corrected chi connectivity index (χ3v) is 6.63. The summed E-state index contributed by atoms with van der Waals surface area (Å²) >= 11 is 0. The van der Waals surface area contributed by atoms with E-state index < -0.39 is 0 Å². The number of carbonyl (C=O) groups is 2. The Kier molecular flexibility index (Phi) is 4.71. The van der Waals surface area contributed by atoms with Crippen molar-refractivity contribution in [1.82, 2.24) is 15.2 Å². The summed E-state index contributed by atoms with van der Waals surface area (Å²) in [5.41, 5.74) is 1.10. The minimum Gasteiger partial charge on any atom is -0.353 e. The van der Waals surface area contributed by atoms with E-state index in [0.29, 0.717) is 19.6 Å². The first-order valence-corrected chi connectivity index (χ1v) is 9.38. The fraction of sp³-hybridized carbons (Fsp3) is 0.650. The van der Waals surface area contributed by atoms with Crippen LogP contribution in [-0.4, -0.2) is 47.9 Å². The molecule has 2 heterocycles. The molecule has 6 nitrogen and oxygen atoms in total. The number of rotatable bonds is 4.